The maximum absolute atomic E-state index is 11.0. The minimum absolute atomic E-state index is 0.0568. The minimum atomic E-state index is -0.399. The molecule has 0 amide bonds. The van der Waals surface area contributed by atoms with Crippen molar-refractivity contribution in [3.8, 4) is 22.5 Å². The third-order valence-electron chi connectivity index (χ3n) is 3.30. The number of halogens is 1. The van der Waals surface area contributed by atoms with Crippen LogP contribution in [-0.4, -0.2) is 19.7 Å². The van der Waals surface area contributed by atoms with Gasteiger partial charge < -0.3 is 4.57 Å². The van der Waals surface area contributed by atoms with E-state index < -0.39 is 4.92 Å². The predicted octanol–water partition coefficient (Wildman–Crippen LogP) is 3.82. The van der Waals surface area contributed by atoms with E-state index in [0.29, 0.717) is 5.82 Å². The van der Waals surface area contributed by atoms with E-state index in [1.165, 1.54) is 6.07 Å². The molecule has 0 radical (unpaired) electrons. The first-order valence-corrected chi connectivity index (χ1v) is 7.24. The summed E-state index contributed by atoms with van der Waals surface area (Å²) in [6.45, 7) is 0. The third kappa shape index (κ3) is 2.62. The van der Waals surface area contributed by atoms with E-state index >= 15 is 0 Å². The molecule has 7 heteroatoms. The smallest absolute Gasteiger partial charge is 0.270 e. The molecule has 22 heavy (non-hydrogen) atoms. The van der Waals surface area contributed by atoms with Gasteiger partial charge in [-0.25, -0.2) is 0 Å². The average molecular weight is 359 g/mol. The number of nitrogens with zero attached hydrogens (tertiary/aromatic N) is 4. The lowest BCUT2D eigenvalue weighted by atomic mass is 9.99. The Bertz CT molecular complexity index is 860. The Balaban J connectivity index is 2.22. The standard InChI is InChI=1S/C15H11BrN4O2/c1-19-9-17-18-15(19)13-6-5-11(16)8-14(13)10-3-2-4-12(7-10)20(21)22/h2-9H,1H3. The molecule has 1 heterocycles. The highest BCUT2D eigenvalue weighted by atomic mass is 79.9. The quantitative estimate of drug-likeness (QED) is 0.526. The second-order valence-electron chi connectivity index (χ2n) is 4.76. The molecule has 3 aromatic rings. The number of non-ortho nitro benzene ring substituents is 1. The average Bonchev–Trinajstić information content (AvgIpc) is 2.93. The summed E-state index contributed by atoms with van der Waals surface area (Å²) < 4.78 is 2.70. The molecule has 0 saturated carbocycles. The molecule has 1 aromatic heterocycles. The van der Waals surface area contributed by atoms with E-state index in [1.54, 1.807) is 18.5 Å². The molecule has 0 aliphatic rings. The number of nitro groups is 1. The fraction of sp³-hybridized carbons (Fsp3) is 0.0667. The Morgan fingerprint density at radius 3 is 2.68 bits per heavy atom. The molecule has 0 fully saturated rings. The fourth-order valence-electron chi connectivity index (χ4n) is 2.26. The summed E-state index contributed by atoms with van der Waals surface area (Å²) in [6.07, 6.45) is 1.62. The van der Waals surface area contributed by atoms with Gasteiger partial charge in [0.05, 0.1) is 4.92 Å². The zero-order chi connectivity index (χ0) is 15.7. The van der Waals surface area contributed by atoms with Crippen molar-refractivity contribution in [2.45, 2.75) is 0 Å². The fourth-order valence-corrected chi connectivity index (χ4v) is 2.63. The summed E-state index contributed by atoms with van der Waals surface area (Å²) in [4.78, 5) is 10.6. The topological polar surface area (TPSA) is 73.8 Å². The molecule has 0 spiro atoms. The van der Waals surface area contributed by atoms with Crippen LogP contribution >= 0.6 is 15.9 Å². The first-order chi connectivity index (χ1) is 10.6. The second kappa shape index (κ2) is 5.69. The van der Waals surface area contributed by atoms with Gasteiger partial charge in [0, 0.05) is 29.2 Å². The van der Waals surface area contributed by atoms with Gasteiger partial charge in [0.1, 0.15) is 6.33 Å². The molecule has 2 aromatic carbocycles. The first-order valence-electron chi connectivity index (χ1n) is 6.45. The van der Waals surface area contributed by atoms with E-state index in [0.717, 1.165) is 21.2 Å². The summed E-state index contributed by atoms with van der Waals surface area (Å²) in [5.41, 5.74) is 2.53. The summed E-state index contributed by atoms with van der Waals surface area (Å²) >= 11 is 3.45. The maximum Gasteiger partial charge on any atom is 0.270 e. The molecular weight excluding hydrogens is 348 g/mol. The second-order valence-corrected chi connectivity index (χ2v) is 5.68. The maximum atomic E-state index is 11.0. The van der Waals surface area contributed by atoms with Crippen LogP contribution in [0.1, 0.15) is 0 Å². The van der Waals surface area contributed by atoms with Crippen molar-refractivity contribution < 1.29 is 4.92 Å². The molecule has 0 N–H and O–H groups in total. The van der Waals surface area contributed by atoms with E-state index in [2.05, 4.69) is 26.1 Å². The molecule has 0 unspecified atom stereocenters. The Kier molecular flexibility index (Phi) is 3.72. The Labute approximate surface area is 134 Å². The number of aromatic nitrogens is 3. The lowest BCUT2D eigenvalue weighted by molar-refractivity contribution is -0.384. The highest BCUT2D eigenvalue weighted by Crippen LogP contribution is 2.34. The monoisotopic (exact) mass is 358 g/mol. The van der Waals surface area contributed by atoms with Crippen LogP contribution in [0.15, 0.2) is 53.3 Å². The first kappa shape index (κ1) is 14.4. The predicted molar refractivity (Wildman–Crippen MR) is 86.2 cm³/mol. The van der Waals surface area contributed by atoms with Crippen LogP contribution in [0.25, 0.3) is 22.5 Å². The molecule has 0 saturated heterocycles. The number of aryl methyl sites for hydroxylation is 1. The lowest BCUT2D eigenvalue weighted by Crippen LogP contribution is -1.95. The Morgan fingerprint density at radius 2 is 2.00 bits per heavy atom. The van der Waals surface area contributed by atoms with Gasteiger partial charge in [-0.2, -0.15) is 0 Å². The van der Waals surface area contributed by atoms with E-state index in [9.17, 15) is 10.1 Å². The van der Waals surface area contributed by atoms with Gasteiger partial charge in [-0.3, -0.25) is 10.1 Å². The summed E-state index contributed by atoms with van der Waals surface area (Å²) in [6, 6.07) is 12.3. The molecule has 0 aliphatic carbocycles. The van der Waals surface area contributed by atoms with E-state index in [4.69, 9.17) is 0 Å². The van der Waals surface area contributed by atoms with Gasteiger partial charge in [0.25, 0.3) is 5.69 Å². The van der Waals surface area contributed by atoms with Crippen molar-refractivity contribution in [3.63, 3.8) is 0 Å². The molecule has 0 aliphatic heterocycles. The van der Waals surface area contributed by atoms with Gasteiger partial charge in [-0.05, 0) is 29.3 Å². The molecular formula is C15H11BrN4O2. The molecule has 0 atom stereocenters. The van der Waals surface area contributed by atoms with Gasteiger partial charge in [-0.15, -0.1) is 10.2 Å². The summed E-state index contributed by atoms with van der Waals surface area (Å²) in [5.74, 6) is 0.703. The SMILES string of the molecule is Cn1cnnc1-c1ccc(Br)cc1-c1cccc([N+](=O)[O-])c1. The summed E-state index contributed by atoms with van der Waals surface area (Å²) in [7, 11) is 1.86. The lowest BCUT2D eigenvalue weighted by Gasteiger charge is -2.10. The number of nitro benzene ring substituents is 1. The molecule has 110 valence electrons. The van der Waals surface area contributed by atoms with Crippen molar-refractivity contribution in [1.29, 1.82) is 0 Å². The van der Waals surface area contributed by atoms with Gasteiger partial charge in [-0.1, -0.05) is 28.1 Å². The van der Waals surface area contributed by atoms with Crippen LogP contribution in [-0.2, 0) is 7.05 Å². The van der Waals surface area contributed by atoms with Crippen LogP contribution in [0.3, 0.4) is 0 Å². The third-order valence-corrected chi connectivity index (χ3v) is 3.80. The number of rotatable bonds is 3. The van der Waals surface area contributed by atoms with E-state index in [1.807, 2.05) is 35.9 Å². The largest absolute Gasteiger partial charge is 0.317 e. The Morgan fingerprint density at radius 1 is 1.18 bits per heavy atom. The zero-order valence-corrected chi connectivity index (χ0v) is 13.2. The highest BCUT2D eigenvalue weighted by Gasteiger charge is 2.14. The van der Waals surface area contributed by atoms with Gasteiger partial charge in [0.15, 0.2) is 5.82 Å². The van der Waals surface area contributed by atoms with Crippen molar-refractivity contribution >= 4 is 21.6 Å². The molecule has 0 bridgehead atoms. The van der Waals surface area contributed by atoms with Gasteiger partial charge >= 0.3 is 0 Å². The van der Waals surface area contributed by atoms with Crippen LogP contribution in [0.4, 0.5) is 5.69 Å². The van der Waals surface area contributed by atoms with Crippen molar-refractivity contribution in [2.75, 3.05) is 0 Å². The van der Waals surface area contributed by atoms with Crippen LogP contribution < -0.4 is 0 Å². The van der Waals surface area contributed by atoms with Gasteiger partial charge in [0.2, 0.25) is 0 Å². The normalized spacial score (nSPS) is 10.6. The van der Waals surface area contributed by atoms with Crippen molar-refractivity contribution in [1.82, 2.24) is 14.8 Å². The molecule has 6 nitrogen and oxygen atoms in total. The van der Waals surface area contributed by atoms with Crippen molar-refractivity contribution in [3.05, 3.63) is 63.4 Å². The molecule has 3 rings (SSSR count). The zero-order valence-electron chi connectivity index (χ0n) is 11.6. The van der Waals surface area contributed by atoms with E-state index in [-0.39, 0.29) is 5.69 Å². The Hall–Kier alpha value is -2.54. The highest BCUT2D eigenvalue weighted by molar-refractivity contribution is 9.10. The van der Waals surface area contributed by atoms with Crippen LogP contribution in [0, 0.1) is 10.1 Å². The number of hydrogen-bond acceptors (Lipinski definition) is 4. The minimum Gasteiger partial charge on any atom is -0.317 e. The number of hydrogen-bond donors (Lipinski definition) is 0. The van der Waals surface area contributed by atoms with Crippen LogP contribution in [0.5, 0.6) is 0 Å². The summed E-state index contributed by atoms with van der Waals surface area (Å²) in [5, 5.41) is 19.0. The number of benzene rings is 2. The van der Waals surface area contributed by atoms with Crippen LogP contribution in [0.2, 0.25) is 0 Å². The van der Waals surface area contributed by atoms with Crippen molar-refractivity contribution in [2.24, 2.45) is 7.05 Å².